The minimum atomic E-state index is -0.0769. The molecule has 6 heteroatoms. The molecule has 0 aliphatic heterocycles. The molecule has 0 radical (unpaired) electrons. The first-order valence-electron chi connectivity index (χ1n) is 6.56. The van der Waals surface area contributed by atoms with E-state index in [2.05, 4.69) is 5.32 Å². The molecule has 0 heterocycles. The van der Waals surface area contributed by atoms with Crippen LogP contribution < -0.4 is 10.1 Å². The maximum absolute atomic E-state index is 11.9. The van der Waals surface area contributed by atoms with Crippen molar-refractivity contribution in [2.75, 3.05) is 12.9 Å². The van der Waals surface area contributed by atoms with Crippen LogP contribution in [0.15, 0.2) is 47.4 Å². The largest absolute Gasteiger partial charge is 0.496 e. The first-order valence-corrected chi connectivity index (χ1v) is 8.30. The van der Waals surface area contributed by atoms with E-state index in [1.54, 1.807) is 25.3 Å². The van der Waals surface area contributed by atoms with Gasteiger partial charge < -0.3 is 10.1 Å². The second-order valence-corrected chi connectivity index (χ2v) is 6.31. The number of methoxy groups -OCH3 is 1. The number of hydrogen-bond acceptors (Lipinski definition) is 3. The quantitative estimate of drug-likeness (QED) is 0.779. The maximum atomic E-state index is 11.9. The molecule has 0 aliphatic rings. The average molecular weight is 356 g/mol. The second-order valence-electron chi connectivity index (χ2n) is 4.45. The fourth-order valence-electron chi connectivity index (χ4n) is 1.82. The van der Waals surface area contributed by atoms with Crippen LogP contribution in [0.3, 0.4) is 0 Å². The van der Waals surface area contributed by atoms with E-state index in [9.17, 15) is 4.79 Å². The Morgan fingerprint density at radius 1 is 1.23 bits per heavy atom. The van der Waals surface area contributed by atoms with E-state index in [4.69, 9.17) is 27.9 Å². The summed E-state index contributed by atoms with van der Waals surface area (Å²) in [7, 11) is 1.61. The highest BCUT2D eigenvalue weighted by Crippen LogP contribution is 2.29. The van der Waals surface area contributed by atoms with Gasteiger partial charge in [0, 0.05) is 22.0 Å². The number of benzene rings is 2. The molecule has 2 aromatic rings. The number of thioether (sulfide) groups is 1. The summed E-state index contributed by atoms with van der Waals surface area (Å²) in [5, 5.41) is 4.05. The molecular formula is C16H15Cl2NO2S. The molecule has 0 unspecified atom stereocenters. The zero-order valence-electron chi connectivity index (χ0n) is 11.9. The third-order valence-corrected chi connectivity index (χ3v) is 4.65. The zero-order valence-corrected chi connectivity index (χ0v) is 14.3. The average Bonchev–Trinajstić information content (AvgIpc) is 2.54. The predicted octanol–water partition coefficient (Wildman–Crippen LogP) is 4.41. The van der Waals surface area contributed by atoms with Gasteiger partial charge in [0.1, 0.15) is 5.75 Å². The standard InChI is InChI=1S/C16H15Cl2NO2S/c1-21-14-5-3-2-4-11(14)9-19-16(20)10-22-15-8-12(17)6-7-13(15)18/h2-8H,9-10H2,1H3,(H,19,20). The Balaban J connectivity index is 1.87. The third-order valence-electron chi connectivity index (χ3n) is 2.92. The van der Waals surface area contributed by atoms with Crippen LogP contribution in [0.2, 0.25) is 10.0 Å². The summed E-state index contributed by atoms with van der Waals surface area (Å²) in [5.74, 6) is 0.954. The topological polar surface area (TPSA) is 38.3 Å². The molecule has 0 fully saturated rings. The van der Waals surface area contributed by atoms with Gasteiger partial charge in [0.2, 0.25) is 5.91 Å². The van der Waals surface area contributed by atoms with Crippen LogP contribution in [0.1, 0.15) is 5.56 Å². The van der Waals surface area contributed by atoms with Crippen LogP contribution in [-0.2, 0) is 11.3 Å². The minimum absolute atomic E-state index is 0.0769. The molecule has 0 spiro atoms. The van der Waals surface area contributed by atoms with E-state index in [-0.39, 0.29) is 11.7 Å². The molecule has 1 N–H and O–H groups in total. The number of ether oxygens (including phenoxy) is 1. The van der Waals surface area contributed by atoms with Crippen LogP contribution in [0, 0.1) is 0 Å². The predicted molar refractivity (Wildman–Crippen MR) is 92.0 cm³/mol. The van der Waals surface area contributed by atoms with Gasteiger partial charge in [-0.2, -0.15) is 0 Å². The summed E-state index contributed by atoms with van der Waals surface area (Å²) in [4.78, 5) is 12.7. The SMILES string of the molecule is COc1ccccc1CNC(=O)CSc1cc(Cl)ccc1Cl. The fourth-order valence-corrected chi connectivity index (χ4v) is 3.15. The molecule has 2 aromatic carbocycles. The van der Waals surface area contributed by atoms with Crippen molar-refractivity contribution in [2.45, 2.75) is 11.4 Å². The maximum Gasteiger partial charge on any atom is 0.230 e. The minimum Gasteiger partial charge on any atom is -0.496 e. The fraction of sp³-hybridized carbons (Fsp3) is 0.188. The summed E-state index contributed by atoms with van der Waals surface area (Å²) in [6.45, 7) is 0.423. The van der Waals surface area contributed by atoms with Gasteiger partial charge >= 0.3 is 0 Å². The van der Waals surface area contributed by atoms with Crippen molar-refractivity contribution in [3.8, 4) is 5.75 Å². The number of nitrogens with one attached hydrogen (secondary N) is 1. The van der Waals surface area contributed by atoms with Gasteiger partial charge in [0.05, 0.1) is 17.9 Å². The van der Waals surface area contributed by atoms with E-state index in [0.29, 0.717) is 16.6 Å². The van der Waals surface area contributed by atoms with Gasteiger partial charge in [0.15, 0.2) is 0 Å². The van der Waals surface area contributed by atoms with Crippen LogP contribution in [-0.4, -0.2) is 18.8 Å². The molecule has 1 amide bonds. The van der Waals surface area contributed by atoms with Crippen molar-refractivity contribution in [1.82, 2.24) is 5.32 Å². The van der Waals surface area contributed by atoms with Crippen molar-refractivity contribution in [3.05, 3.63) is 58.1 Å². The van der Waals surface area contributed by atoms with Crippen molar-refractivity contribution in [3.63, 3.8) is 0 Å². The lowest BCUT2D eigenvalue weighted by atomic mass is 10.2. The summed E-state index contributed by atoms with van der Waals surface area (Å²) in [6, 6.07) is 12.8. The number of halogens is 2. The number of hydrogen-bond donors (Lipinski definition) is 1. The van der Waals surface area contributed by atoms with Gasteiger partial charge in [-0.3, -0.25) is 4.79 Å². The van der Waals surface area contributed by atoms with Crippen LogP contribution in [0.25, 0.3) is 0 Å². The summed E-state index contributed by atoms with van der Waals surface area (Å²) < 4.78 is 5.25. The normalized spacial score (nSPS) is 10.3. The number of para-hydroxylation sites is 1. The third kappa shape index (κ3) is 4.83. The lowest BCUT2D eigenvalue weighted by Gasteiger charge is -2.10. The number of carbonyl (C=O) groups excluding carboxylic acids is 1. The monoisotopic (exact) mass is 355 g/mol. The first-order chi connectivity index (χ1) is 10.6. The van der Waals surface area contributed by atoms with Crippen LogP contribution >= 0.6 is 35.0 Å². The smallest absolute Gasteiger partial charge is 0.230 e. The molecule has 0 bridgehead atoms. The molecule has 0 saturated heterocycles. The molecule has 3 nitrogen and oxygen atoms in total. The van der Waals surface area contributed by atoms with Gasteiger partial charge in [-0.1, -0.05) is 41.4 Å². The first kappa shape index (κ1) is 17.0. The molecule has 2 rings (SSSR count). The number of amides is 1. The van der Waals surface area contributed by atoms with E-state index in [0.717, 1.165) is 16.2 Å². The molecule has 0 aromatic heterocycles. The Labute approximate surface area is 144 Å². The highest BCUT2D eigenvalue weighted by molar-refractivity contribution is 8.00. The Hall–Kier alpha value is -1.36. The molecule has 116 valence electrons. The molecule has 0 aliphatic carbocycles. The van der Waals surface area contributed by atoms with Crippen molar-refractivity contribution in [2.24, 2.45) is 0 Å². The van der Waals surface area contributed by atoms with E-state index < -0.39 is 0 Å². The lowest BCUT2D eigenvalue weighted by molar-refractivity contribution is -0.118. The van der Waals surface area contributed by atoms with E-state index >= 15 is 0 Å². The molecule has 0 saturated carbocycles. The van der Waals surface area contributed by atoms with Gasteiger partial charge in [-0.05, 0) is 24.3 Å². The Morgan fingerprint density at radius 2 is 2.00 bits per heavy atom. The van der Waals surface area contributed by atoms with Crippen LogP contribution in [0.5, 0.6) is 5.75 Å². The molecular weight excluding hydrogens is 341 g/mol. The van der Waals surface area contributed by atoms with Gasteiger partial charge in [0.25, 0.3) is 0 Å². The highest BCUT2D eigenvalue weighted by Gasteiger charge is 2.08. The van der Waals surface area contributed by atoms with E-state index in [1.807, 2.05) is 24.3 Å². The number of rotatable bonds is 6. The summed E-state index contributed by atoms with van der Waals surface area (Å²) in [6.07, 6.45) is 0. The second kappa shape index (κ2) is 8.32. The lowest BCUT2D eigenvalue weighted by Crippen LogP contribution is -2.24. The van der Waals surface area contributed by atoms with Crippen molar-refractivity contribution in [1.29, 1.82) is 0 Å². The summed E-state index contributed by atoms with van der Waals surface area (Å²) in [5.41, 5.74) is 0.934. The molecule has 22 heavy (non-hydrogen) atoms. The Bertz CT molecular complexity index is 664. The Kier molecular flexibility index (Phi) is 6.43. The summed E-state index contributed by atoms with van der Waals surface area (Å²) >= 11 is 13.3. The van der Waals surface area contributed by atoms with E-state index in [1.165, 1.54) is 11.8 Å². The molecule has 0 atom stereocenters. The Morgan fingerprint density at radius 3 is 2.77 bits per heavy atom. The van der Waals surface area contributed by atoms with Gasteiger partial charge in [-0.25, -0.2) is 0 Å². The zero-order chi connectivity index (χ0) is 15.9. The van der Waals surface area contributed by atoms with Crippen LogP contribution in [0.4, 0.5) is 0 Å². The highest BCUT2D eigenvalue weighted by atomic mass is 35.5. The van der Waals surface area contributed by atoms with Crippen molar-refractivity contribution >= 4 is 40.9 Å². The van der Waals surface area contributed by atoms with Gasteiger partial charge in [-0.15, -0.1) is 11.8 Å². The number of carbonyl (C=O) groups is 1. The van der Waals surface area contributed by atoms with Crippen molar-refractivity contribution < 1.29 is 9.53 Å².